The van der Waals surface area contributed by atoms with E-state index in [2.05, 4.69) is 24.1 Å². The molecule has 0 unspecified atom stereocenters. The highest BCUT2D eigenvalue weighted by molar-refractivity contribution is 5.78. The normalized spacial score (nSPS) is 21.4. The number of carbonyl (C=O) groups excluding carboxylic acids is 1. The Morgan fingerprint density at radius 1 is 1.33 bits per heavy atom. The lowest BCUT2D eigenvalue weighted by Crippen LogP contribution is -2.44. The van der Waals surface area contributed by atoms with Crippen LogP contribution < -0.4 is 5.32 Å². The smallest absolute Gasteiger partial charge is 0.236 e. The highest BCUT2D eigenvalue weighted by Crippen LogP contribution is 2.30. The third kappa shape index (κ3) is 4.25. The zero-order valence-corrected chi connectivity index (χ0v) is 11.8. The van der Waals surface area contributed by atoms with Crippen LogP contribution in [0.4, 0.5) is 0 Å². The van der Waals surface area contributed by atoms with Crippen molar-refractivity contribution >= 4 is 5.91 Å². The third-order valence-corrected chi connectivity index (χ3v) is 3.95. The fourth-order valence-electron chi connectivity index (χ4n) is 2.46. The van der Waals surface area contributed by atoms with Gasteiger partial charge in [0, 0.05) is 32.2 Å². The zero-order chi connectivity index (χ0) is 13.0. The molecule has 0 aromatic carbocycles. The van der Waals surface area contributed by atoms with Gasteiger partial charge in [0.25, 0.3) is 0 Å². The van der Waals surface area contributed by atoms with Gasteiger partial charge in [0.15, 0.2) is 0 Å². The van der Waals surface area contributed by atoms with Crippen LogP contribution in [0.15, 0.2) is 0 Å². The van der Waals surface area contributed by atoms with Crippen molar-refractivity contribution in [1.82, 2.24) is 15.1 Å². The number of amides is 1. The molecule has 0 aromatic heterocycles. The largest absolute Gasteiger partial charge is 0.340 e. The Hall–Kier alpha value is -0.610. The van der Waals surface area contributed by atoms with Crippen molar-refractivity contribution in [2.45, 2.75) is 39.2 Å². The molecule has 0 spiro atoms. The molecule has 1 heterocycles. The molecule has 0 bridgehead atoms. The van der Waals surface area contributed by atoms with Crippen LogP contribution in [0, 0.1) is 5.92 Å². The summed E-state index contributed by atoms with van der Waals surface area (Å²) in [5, 5.41) is 3.34. The molecule has 0 atom stereocenters. The predicted octanol–water partition coefficient (Wildman–Crippen LogP) is 0.929. The summed E-state index contributed by atoms with van der Waals surface area (Å²) in [4.78, 5) is 16.7. The van der Waals surface area contributed by atoms with E-state index >= 15 is 0 Å². The lowest BCUT2D eigenvalue weighted by Gasteiger charge is -2.29. The Labute approximate surface area is 111 Å². The van der Waals surface area contributed by atoms with E-state index in [4.69, 9.17) is 0 Å². The van der Waals surface area contributed by atoms with Crippen LogP contribution in [0.25, 0.3) is 0 Å². The average molecular weight is 253 g/mol. The van der Waals surface area contributed by atoms with Gasteiger partial charge >= 0.3 is 0 Å². The minimum atomic E-state index is 0.313. The third-order valence-electron chi connectivity index (χ3n) is 3.95. The van der Waals surface area contributed by atoms with Crippen molar-refractivity contribution in [2.75, 3.05) is 39.3 Å². The van der Waals surface area contributed by atoms with Gasteiger partial charge in [0.1, 0.15) is 0 Å². The average Bonchev–Trinajstić information content (AvgIpc) is 3.14. The molecular weight excluding hydrogens is 226 g/mol. The highest BCUT2D eigenvalue weighted by atomic mass is 16.2. The second kappa shape index (κ2) is 6.53. The highest BCUT2D eigenvalue weighted by Gasteiger charge is 2.27. The fourth-order valence-corrected chi connectivity index (χ4v) is 2.46. The van der Waals surface area contributed by atoms with Crippen LogP contribution in [-0.4, -0.2) is 61.0 Å². The van der Waals surface area contributed by atoms with E-state index in [9.17, 15) is 4.79 Å². The topological polar surface area (TPSA) is 35.6 Å². The summed E-state index contributed by atoms with van der Waals surface area (Å²) in [5.74, 6) is 1.17. The molecule has 104 valence electrons. The molecule has 1 aliphatic carbocycles. The van der Waals surface area contributed by atoms with E-state index in [-0.39, 0.29) is 0 Å². The Balaban J connectivity index is 1.82. The van der Waals surface area contributed by atoms with Crippen LogP contribution in [0.2, 0.25) is 0 Å². The first-order valence-electron chi connectivity index (χ1n) is 7.39. The Bertz CT molecular complexity index is 268. The van der Waals surface area contributed by atoms with Crippen LogP contribution >= 0.6 is 0 Å². The molecule has 4 heteroatoms. The Morgan fingerprint density at radius 3 is 2.78 bits per heavy atom. The van der Waals surface area contributed by atoms with E-state index in [1.165, 1.54) is 12.8 Å². The van der Waals surface area contributed by atoms with Gasteiger partial charge in [0.2, 0.25) is 5.91 Å². The lowest BCUT2D eigenvalue weighted by molar-refractivity contribution is -0.132. The molecule has 2 fully saturated rings. The summed E-state index contributed by atoms with van der Waals surface area (Å²) in [6.45, 7) is 9.87. The molecule has 1 saturated carbocycles. The van der Waals surface area contributed by atoms with E-state index in [1.54, 1.807) is 0 Å². The van der Waals surface area contributed by atoms with Crippen LogP contribution in [0.3, 0.4) is 0 Å². The van der Waals surface area contributed by atoms with Gasteiger partial charge in [-0.1, -0.05) is 0 Å². The molecule has 2 rings (SSSR count). The van der Waals surface area contributed by atoms with E-state index in [0.717, 1.165) is 45.1 Å². The second-order valence-electron chi connectivity index (χ2n) is 5.95. The van der Waals surface area contributed by atoms with E-state index in [0.29, 0.717) is 18.5 Å². The first kappa shape index (κ1) is 13.8. The number of hydrogen-bond donors (Lipinski definition) is 1. The van der Waals surface area contributed by atoms with E-state index < -0.39 is 0 Å². The number of hydrogen-bond acceptors (Lipinski definition) is 3. The molecule has 2 aliphatic rings. The molecule has 0 radical (unpaired) electrons. The first-order valence-corrected chi connectivity index (χ1v) is 7.39. The minimum Gasteiger partial charge on any atom is -0.340 e. The summed E-state index contributed by atoms with van der Waals surface area (Å²) < 4.78 is 0. The number of nitrogens with one attached hydrogen (secondary N) is 1. The second-order valence-corrected chi connectivity index (χ2v) is 5.95. The quantitative estimate of drug-likeness (QED) is 0.792. The van der Waals surface area contributed by atoms with Crippen molar-refractivity contribution in [3.63, 3.8) is 0 Å². The molecule has 0 aromatic rings. The molecule has 4 nitrogen and oxygen atoms in total. The van der Waals surface area contributed by atoms with Gasteiger partial charge in [-0.25, -0.2) is 0 Å². The van der Waals surface area contributed by atoms with Crippen molar-refractivity contribution in [3.8, 4) is 0 Å². The molecule has 1 aliphatic heterocycles. The van der Waals surface area contributed by atoms with Crippen molar-refractivity contribution in [1.29, 1.82) is 0 Å². The summed E-state index contributed by atoms with van der Waals surface area (Å²) in [5.41, 5.74) is 0. The standard InChI is InChI=1S/C14H27N3O/c1-12(2)17(10-13-4-5-13)11-14(18)16-8-3-6-15-7-9-16/h12-13,15H,3-11H2,1-2H3. The Morgan fingerprint density at radius 2 is 2.11 bits per heavy atom. The lowest BCUT2D eigenvalue weighted by atomic mass is 10.2. The summed E-state index contributed by atoms with van der Waals surface area (Å²) >= 11 is 0. The molecule has 18 heavy (non-hydrogen) atoms. The minimum absolute atomic E-state index is 0.313. The Kier molecular flexibility index (Phi) is 5.01. The van der Waals surface area contributed by atoms with Crippen molar-refractivity contribution < 1.29 is 4.79 Å². The monoisotopic (exact) mass is 253 g/mol. The van der Waals surface area contributed by atoms with Crippen LogP contribution in [-0.2, 0) is 4.79 Å². The molecular formula is C14H27N3O. The number of nitrogens with zero attached hydrogens (tertiary/aromatic N) is 2. The van der Waals surface area contributed by atoms with Gasteiger partial charge in [-0.05, 0) is 45.6 Å². The predicted molar refractivity (Wildman–Crippen MR) is 73.5 cm³/mol. The maximum absolute atomic E-state index is 12.3. The zero-order valence-electron chi connectivity index (χ0n) is 11.8. The summed E-state index contributed by atoms with van der Waals surface area (Å²) in [6.07, 6.45) is 3.78. The van der Waals surface area contributed by atoms with Crippen LogP contribution in [0.1, 0.15) is 33.1 Å². The van der Waals surface area contributed by atoms with Crippen LogP contribution in [0.5, 0.6) is 0 Å². The van der Waals surface area contributed by atoms with Gasteiger partial charge in [-0.15, -0.1) is 0 Å². The molecule has 1 amide bonds. The van der Waals surface area contributed by atoms with Crippen molar-refractivity contribution in [3.05, 3.63) is 0 Å². The first-order chi connectivity index (χ1) is 8.66. The van der Waals surface area contributed by atoms with Gasteiger partial charge in [-0.2, -0.15) is 0 Å². The number of carbonyl (C=O) groups is 1. The maximum atomic E-state index is 12.3. The molecule has 1 saturated heterocycles. The van der Waals surface area contributed by atoms with Gasteiger partial charge in [-0.3, -0.25) is 9.69 Å². The summed E-state index contributed by atoms with van der Waals surface area (Å²) in [7, 11) is 0. The molecule has 1 N–H and O–H groups in total. The summed E-state index contributed by atoms with van der Waals surface area (Å²) in [6, 6.07) is 0.472. The van der Waals surface area contributed by atoms with Gasteiger partial charge < -0.3 is 10.2 Å². The SMILES string of the molecule is CC(C)N(CC(=O)N1CCCNCC1)CC1CC1. The number of rotatable bonds is 5. The fraction of sp³-hybridized carbons (Fsp3) is 0.929. The maximum Gasteiger partial charge on any atom is 0.236 e. The van der Waals surface area contributed by atoms with Crippen molar-refractivity contribution in [2.24, 2.45) is 5.92 Å². The van der Waals surface area contributed by atoms with Gasteiger partial charge in [0.05, 0.1) is 6.54 Å². The van der Waals surface area contributed by atoms with E-state index in [1.807, 2.05) is 4.90 Å².